The van der Waals surface area contributed by atoms with Crippen LogP contribution in [-0.4, -0.2) is 9.55 Å². The monoisotopic (exact) mass is 183 g/mol. The molecule has 2 heterocycles. The molecule has 0 radical (unpaired) electrons. The van der Waals surface area contributed by atoms with E-state index < -0.39 is 0 Å². The van der Waals surface area contributed by atoms with Gasteiger partial charge in [0.05, 0.1) is 0 Å². The van der Waals surface area contributed by atoms with Gasteiger partial charge >= 0.3 is 0 Å². The maximum Gasteiger partial charge on any atom is 0.137 e. The molecule has 0 atom stereocenters. The lowest BCUT2D eigenvalue weighted by atomic mass is 10.3. The van der Waals surface area contributed by atoms with Gasteiger partial charge in [-0.1, -0.05) is 0 Å². The van der Waals surface area contributed by atoms with Crippen LogP contribution in [0, 0.1) is 18.3 Å². The van der Waals surface area contributed by atoms with E-state index >= 15 is 0 Å². The Hall–Kier alpha value is -2.08. The first-order valence-corrected chi connectivity index (χ1v) is 4.32. The first-order chi connectivity index (χ1) is 6.81. The SMILES string of the molecule is Cc1ccnc(-n2cccc2C#N)c1. The van der Waals surface area contributed by atoms with Crippen molar-refractivity contribution in [2.75, 3.05) is 0 Å². The fourth-order valence-corrected chi connectivity index (χ4v) is 1.32. The molecule has 68 valence electrons. The van der Waals surface area contributed by atoms with Gasteiger partial charge in [0.1, 0.15) is 17.6 Å². The van der Waals surface area contributed by atoms with Crippen molar-refractivity contribution >= 4 is 0 Å². The summed E-state index contributed by atoms with van der Waals surface area (Å²) >= 11 is 0. The minimum Gasteiger partial charge on any atom is -0.293 e. The molecule has 0 amide bonds. The topological polar surface area (TPSA) is 41.6 Å². The molecule has 0 aliphatic heterocycles. The average molecular weight is 183 g/mol. The summed E-state index contributed by atoms with van der Waals surface area (Å²) < 4.78 is 1.77. The van der Waals surface area contributed by atoms with Gasteiger partial charge < -0.3 is 0 Å². The van der Waals surface area contributed by atoms with E-state index in [-0.39, 0.29) is 0 Å². The third kappa shape index (κ3) is 1.38. The van der Waals surface area contributed by atoms with Crippen molar-refractivity contribution in [2.24, 2.45) is 0 Å². The molecule has 3 heteroatoms. The second-order valence-corrected chi connectivity index (χ2v) is 3.07. The molecule has 0 aliphatic rings. The van der Waals surface area contributed by atoms with E-state index in [9.17, 15) is 0 Å². The van der Waals surface area contributed by atoms with Crippen LogP contribution >= 0.6 is 0 Å². The van der Waals surface area contributed by atoms with Crippen molar-refractivity contribution in [1.29, 1.82) is 5.26 Å². The van der Waals surface area contributed by atoms with Crippen molar-refractivity contribution in [3.63, 3.8) is 0 Å². The molecule has 0 bridgehead atoms. The third-order valence-electron chi connectivity index (χ3n) is 2.01. The van der Waals surface area contributed by atoms with Gasteiger partial charge in [-0.05, 0) is 36.8 Å². The van der Waals surface area contributed by atoms with E-state index in [1.165, 1.54) is 0 Å². The fourth-order valence-electron chi connectivity index (χ4n) is 1.32. The maximum absolute atomic E-state index is 8.84. The highest BCUT2D eigenvalue weighted by molar-refractivity contribution is 5.35. The lowest BCUT2D eigenvalue weighted by Crippen LogP contribution is -1.98. The number of pyridine rings is 1. The lowest BCUT2D eigenvalue weighted by molar-refractivity contribution is 0.984. The molecule has 0 saturated heterocycles. The molecule has 0 aromatic carbocycles. The summed E-state index contributed by atoms with van der Waals surface area (Å²) in [7, 11) is 0. The van der Waals surface area contributed by atoms with Gasteiger partial charge in [-0.2, -0.15) is 5.26 Å². The van der Waals surface area contributed by atoms with E-state index in [0.717, 1.165) is 11.4 Å². The highest BCUT2D eigenvalue weighted by Gasteiger charge is 2.02. The maximum atomic E-state index is 8.84. The molecular weight excluding hydrogens is 174 g/mol. The average Bonchev–Trinajstić information content (AvgIpc) is 2.65. The quantitative estimate of drug-likeness (QED) is 0.679. The summed E-state index contributed by atoms with van der Waals surface area (Å²) in [6.07, 6.45) is 3.58. The normalized spacial score (nSPS) is 9.71. The fraction of sp³-hybridized carbons (Fsp3) is 0.0909. The largest absolute Gasteiger partial charge is 0.293 e. The van der Waals surface area contributed by atoms with E-state index in [1.807, 2.05) is 31.3 Å². The number of rotatable bonds is 1. The van der Waals surface area contributed by atoms with E-state index in [0.29, 0.717) is 5.69 Å². The molecular formula is C11H9N3. The van der Waals surface area contributed by atoms with Gasteiger partial charge in [-0.25, -0.2) is 4.98 Å². The molecule has 0 saturated carbocycles. The van der Waals surface area contributed by atoms with Gasteiger partial charge in [-0.15, -0.1) is 0 Å². The van der Waals surface area contributed by atoms with Crippen LogP contribution in [0.4, 0.5) is 0 Å². The zero-order valence-corrected chi connectivity index (χ0v) is 7.81. The van der Waals surface area contributed by atoms with E-state index in [4.69, 9.17) is 5.26 Å². The Morgan fingerprint density at radius 2 is 2.29 bits per heavy atom. The number of nitriles is 1. The molecule has 2 aromatic heterocycles. The van der Waals surface area contributed by atoms with Crippen molar-refractivity contribution < 1.29 is 0 Å². The highest BCUT2D eigenvalue weighted by Crippen LogP contribution is 2.10. The van der Waals surface area contributed by atoms with E-state index in [2.05, 4.69) is 11.1 Å². The number of aromatic nitrogens is 2. The molecule has 14 heavy (non-hydrogen) atoms. The molecule has 2 aromatic rings. The molecule has 0 N–H and O–H groups in total. The predicted molar refractivity (Wildman–Crippen MR) is 53.0 cm³/mol. The Morgan fingerprint density at radius 3 is 3.00 bits per heavy atom. The Kier molecular flexibility index (Phi) is 2.04. The molecule has 0 fully saturated rings. The van der Waals surface area contributed by atoms with Gasteiger partial charge in [-0.3, -0.25) is 4.57 Å². The number of aryl methyl sites for hydroxylation is 1. The highest BCUT2D eigenvalue weighted by atomic mass is 15.0. The Bertz CT molecular complexity index is 491. The second-order valence-electron chi connectivity index (χ2n) is 3.07. The smallest absolute Gasteiger partial charge is 0.137 e. The minimum absolute atomic E-state index is 0.600. The first-order valence-electron chi connectivity index (χ1n) is 4.32. The number of hydrogen-bond acceptors (Lipinski definition) is 2. The summed E-state index contributed by atoms with van der Waals surface area (Å²) in [5.41, 5.74) is 1.73. The molecule has 0 aliphatic carbocycles. The number of nitrogens with zero attached hydrogens (tertiary/aromatic N) is 3. The minimum atomic E-state index is 0.600. The van der Waals surface area contributed by atoms with Crippen LogP contribution in [0.3, 0.4) is 0 Å². The van der Waals surface area contributed by atoms with Crippen molar-refractivity contribution in [3.05, 3.63) is 47.9 Å². The lowest BCUT2D eigenvalue weighted by Gasteiger charge is -2.03. The van der Waals surface area contributed by atoms with Gasteiger partial charge in [0.15, 0.2) is 0 Å². The van der Waals surface area contributed by atoms with Crippen LogP contribution < -0.4 is 0 Å². The standard InChI is InChI=1S/C11H9N3/c1-9-4-5-13-11(7-9)14-6-2-3-10(14)8-12/h2-7H,1H3. The zero-order chi connectivity index (χ0) is 9.97. The van der Waals surface area contributed by atoms with Crippen molar-refractivity contribution in [1.82, 2.24) is 9.55 Å². The van der Waals surface area contributed by atoms with Crippen LogP contribution in [0.25, 0.3) is 5.82 Å². The third-order valence-corrected chi connectivity index (χ3v) is 2.01. The van der Waals surface area contributed by atoms with Crippen LogP contribution in [0.1, 0.15) is 11.3 Å². The Morgan fingerprint density at radius 1 is 1.43 bits per heavy atom. The van der Waals surface area contributed by atoms with Crippen LogP contribution in [-0.2, 0) is 0 Å². The molecule has 0 unspecified atom stereocenters. The summed E-state index contributed by atoms with van der Waals surface area (Å²) in [4.78, 5) is 4.20. The zero-order valence-electron chi connectivity index (χ0n) is 7.81. The van der Waals surface area contributed by atoms with Gasteiger partial charge in [0.25, 0.3) is 0 Å². The Balaban J connectivity index is 2.56. The van der Waals surface area contributed by atoms with Crippen LogP contribution in [0.2, 0.25) is 0 Å². The molecule has 3 nitrogen and oxygen atoms in total. The van der Waals surface area contributed by atoms with Crippen LogP contribution in [0.15, 0.2) is 36.7 Å². The second kappa shape index (κ2) is 3.35. The number of hydrogen-bond donors (Lipinski definition) is 0. The predicted octanol–water partition coefficient (Wildman–Crippen LogP) is 2.05. The molecule has 2 rings (SSSR count). The molecule has 0 spiro atoms. The van der Waals surface area contributed by atoms with Gasteiger partial charge in [0.2, 0.25) is 0 Å². The van der Waals surface area contributed by atoms with Crippen molar-refractivity contribution in [2.45, 2.75) is 6.92 Å². The Labute approximate surface area is 82.2 Å². The summed E-state index contributed by atoms with van der Waals surface area (Å²) in [5, 5.41) is 8.84. The van der Waals surface area contributed by atoms with Crippen molar-refractivity contribution in [3.8, 4) is 11.9 Å². The van der Waals surface area contributed by atoms with E-state index in [1.54, 1.807) is 16.8 Å². The van der Waals surface area contributed by atoms with Crippen LogP contribution in [0.5, 0.6) is 0 Å². The van der Waals surface area contributed by atoms with Gasteiger partial charge in [0, 0.05) is 12.4 Å². The summed E-state index contributed by atoms with van der Waals surface area (Å²) in [6, 6.07) is 9.60. The first kappa shape index (κ1) is 8.52. The summed E-state index contributed by atoms with van der Waals surface area (Å²) in [5.74, 6) is 0.784. The summed E-state index contributed by atoms with van der Waals surface area (Å²) in [6.45, 7) is 2.00.